The summed E-state index contributed by atoms with van der Waals surface area (Å²) in [5.41, 5.74) is 3.89. The van der Waals surface area contributed by atoms with Gasteiger partial charge in [-0.25, -0.2) is 10.0 Å². The number of hydrogen-bond donors (Lipinski definition) is 1. The fourth-order valence-corrected chi connectivity index (χ4v) is 7.24. The van der Waals surface area contributed by atoms with E-state index in [0.717, 1.165) is 31.6 Å². The number of aliphatic imine (C=N–C) groups is 1. The number of nitrogens with zero attached hydrogens (tertiary/aromatic N) is 3. The molecular formula is C37H46Cl4N4O3. The van der Waals surface area contributed by atoms with Crippen LogP contribution in [-0.4, -0.2) is 23.6 Å². The maximum atomic E-state index is 13.3. The van der Waals surface area contributed by atoms with E-state index < -0.39 is 0 Å². The van der Waals surface area contributed by atoms with Crippen LogP contribution >= 0.6 is 46.4 Å². The maximum Gasteiger partial charge on any atom is 0.253 e. The third kappa shape index (κ3) is 11.0. The first kappa shape index (κ1) is 38.2. The highest BCUT2D eigenvalue weighted by atomic mass is 35.5. The molecule has 48 heavy (non-hydrogen) atoms. The van der Waals surface area contributed by atoms with Crippen LogP contribution in [0.3, 0.4) is 0 Å². The van der Waals surface area contributed by atoms with Crippen molar-refractivity contribution in [2.75, 3.05) is 9.91 Å². The quantitative estimate of drug-likeness (QED) is 0.0938. The summed E-state index contributed by atoms with van der Waals surface area (Å²) in [5, 5.41) is 2.26. The van der Waals surface area contributed by atoms with Gasteiger partial charge in [0.2, 0.25) is 11.8 Å². The maximum absolute atomic E-state index is 13.3. The number of nitrogens with one attached hydrogen (secondary N) is 1. The molecule has 0 spiro atoms. The van der Waals surface area contributed by atoms with Gasteiger partial charge in [0.05, 0.1) is 32.9 Å². The number of halogens is 4. The van der Waals surface area contributed by atoms with Crippen LogP contribution in [0.1, 0.15) is 110 Å². The Labute approximate surface area is 305 Å². The van der Waals surface area contributed by atoms with Gasteiger partial charge in [0.15, 0.2) is 0 Å². The Hall–Kier alpha value is -2.58. The van der Waals surface area contributed by atoms with Crippen molar-refractivity contribution < 1.29 is 14.4 Å². The predicted molar refractivity (Wildman–Crippen MR) is 200 cm³/mol. The van der Waals surface area contributed by atoms with E-state index in [4.69, 9.17) is 46.4 Å². The van der Waals surface area contributed by atoms with E-state index in [1.54, 1.807) is 18.2 Å². The summed E-state index contributed by atoms with van der Waals surface area (Å²) >= 11 is 25.1. The molecule has 4 rings (SSSR count). The normalized spacial score (nSPS) is 17.6. The molecule has 2 fully saturated rings. The molecule has 2 heterocycles. The van der Waals surface area contributed by atoms with Gasteiger partial charge in [0.25, 0.3) is 5.91 Å². The summed E-state index contributed by atoms with van der Waals surface area (Å²) in [5.74, 6) is 0.00708. The number of unbranched alkanes of at least 4 members (excludes halogenated alkanes) is 9. The predicted octanol–water partition coefficient (Wildman–Crippen LogP) is 11.4. The number of carbonyl (C=O) groups is 3. The van der Waals surface area contributed by atoms with E-state index in [-0.39, 0.29) is 52.2 Å². The van der Waals surface area contributed by atoms with Crippen LogP contribution in [0.5, 0.6) is 0 Å². The number of amidine groups is 1. The first-order valence-electron chi connectivity index (χ1n) is 17.2. The smallest absolute Gasteiger partial charge is 0.253 e. The lowest BCUT2D eigenvalue weighted by Crippen LogP contribution is -2.36. The minimum atomic E-state index is -0.339. The molecule has 2 aromatic rings. The molecule has 260 valence electrons. The van der Waals surface area contributed by atoms with E-state index in [1.807, 2.05) is 0 Å². The lowest BCUT2D eigenvalue weighted by Gasteiger charge is -2.19. The molecular weight excluding hydrogens is 690 g/mol. The van der Waals surface area contributed by atoms with Gasteiger partial charge in [-0.15, -0.1) is 0 Å². The summed E-state index contributed by atoms with van der Waals surface area (Å²) < 4.78 is 0. The molecule has 0 aliphatic carbocycles. The number of rotatable bonds is 18. The Bertz CT molecular complexity index is 1490. The summed E-state index contributed by atoms with van der Waals surface area (Å²) in [4.78, 5) is 44.8. The van der Waals surface area contributed by atoms with Gasteiger partial charge in [-0.2, -0.15) is 0 Å². The molecule has 0 radical (unpaired) electrons. The number of anilines is 2. The standard InChI is InChI=1S/C37H46Cl4N4O3/c1-25(2)16-14-12-10-8-6-4-3-5-7-9-11-13-15-17-26-20-34(46)44(37(26)48)28-18-19-29(39)32(23-28)42-33-24-35(47)45(43-33)36-30(40)21-27(38)22-31(36)41/h7,9,18-19,21-23,25-26H,3-6,8,10-17,20,24H2,1-2H3,(H,42,43)/b9-7+. The molecule has 0 aromatic heterocycles. The van der Waals surface area contributed by atoms with Gasteiger partial charge in [-0.05, 0) is 68.4 Å². The van der Waals surface area contributed by atoms with Gasteiger partial charge >= 0.3 is 0 Å². The molecule has 1 atom stereocenters. The average Bonchev–Trinajstić information content (AvgIpc) is 3.52. The number of hydrazine groups is 1. The molecule has 0 saturated carbocycles. The molecule has 11 heteroatoms. The number of hydrogen-bond acceptors (Lipinski definition) is 4. The number of imide groups is 1. The Morgan fingerprint density at radius 3 is 2.10 bits per heavy atom. The molecule has 1 unspecified atom stereocenters. The van der Waals surface area contributed by atoms with Crippen molar-refractivity contribution in [3.05, 3.63) is 62.6 Å². The highest BCUT2D eigenvalue weighted by Crippen LogP contribution is 2.38. The van der Waals surface area contributed by atoms with Crippen molar-refractivity contribution in [1.82, 2.24) is 5.43 Å². The molecule has 3 amide bonds. The van der Waals surface area contributed by atoms with Crippen molar-refractivity contribution in [2.24, 2.45) is 16.8 Å². The number of carbonyl (C=O) groups excluding carboxylic acids is 3. The number of allylic oxidation sites excluding steroid dienone is 2. The van der Waals surface area contributed by atoms with Crippen LogP contribution < -0.4 is 15.3 Å². The summed E-state index contributed by atoms with van der Waals surface area (Å²) in [7, 11) is 0. The van der Waals surface area contributed by atoms with E-state index >= 15 is 0 Å². The molecule has 2 aliphatic rings. The molecule has 2 aromatic carbocycles. The Balaban J connectivity index is 1.21. The molecule has 0 bridgehead atoms. The fourth-order valence-electron chi connectivity index (χ4n) is 6.10. The summed E-state index contributed by atoms with van der Waals surface area (Å²) in [6.45, 7) is 4.59. The van der Waals surface area contributed by atoms with Crippen LogP contribution in [0.25, 0.3) is 0 Å². The van der Waals surface area contributed by atoms with E-state index in [9.17, 15) is 14.4 Å². The van der Waals surface area contributed by atoms with E-state index in [2.05, 4.69) is 36.4 Å². The lowest BCUT2D eigenvalue weighted by atomic mass is 9.99. The van der Waals surface area contributed by atoms with Crippen LogP contribution in [0.4, 0.5) is 17.1 Å². The largest absolute Gasteiger partial charge is 0.277 e. The van der Waals surface area contributed by atoms with Crippen LogP contribution in [0, 0.1) is 11.8 Å². The van der Waals surface area contributed by atoms with E-state index in [1.165, 1.54) is 73.4 Å². The minimum absolute atomic E-state index is 0.0620. The second-order valence-corrected chi connectivity index (χ2v) is 14.8. The van der Waals surface area contributed by atoms with Gasteiger partial charge in [-0.1, -0.05) is 124 Å². The van der Waals surface area contributed by atoms with Gasteiger partial charge in [-0.3, -0.25) is 24.7 Å². The van der Waals surface area contributed by atoms with Crippen LogP contribution in [-0.2, 0) is 14.4 Å². The zero-order valence-electron chi connectivity index (χ0n) is 27.9. The lowest BCUT2D eigenvalue weighted by molar-refractivity contribution is -0.122. The first-order valence-corrected chi connectivity index (χ1v) is 18.7. The Morgan fingerprint density at radius 1 is 0.812 bits per heavy atom. The summed E-state index contributed by atoms with van der Waals surface area (Å²) in [6.07, 6.45) is 20.0. The highest BCUT2D eigenvalue weighted by Gasteiger charge is 2.39. The third-order valence-electron chi connectivity index (χ3n) is 8.69. The van der Waals surface area contributed by atoms with Crippen LogP contribution in [0.15, 0.2) is 47.5 Å². The Kier molecular flexibility index (Phi) is 15.1. The Morgan fingerprint density at radius 2 is 1.44 bits per heavy atom. The SMILES string of the molecule is CC(C)CCCCCCCCC/C=C/CCCCC1CC(=O)N(c2ccc(Cl)c(N=C3CC(=O)N(c4c(Cl)cc(Cl)cc4Cl)N3)c2)C1=O. The zero-order valence-corrected chi connectivity index (χ0v) is 30.9. The van der Waals surface area contributed by atoms with Gasteiger partial charge in [0, 0.05) is 17.4 Å². The van der Waals surface area contributed by atoms with Crippen molar-refractivity contribution in [3.63, 3.8) is 0 Å². The number of amides is 3. The summed E-state index contributed by atoms with van der Waals surface area (Å²) in [6, 6.07) is 7.79. The van der Waals surface area contributed by atoms with Crippen molar-refractivity contribution in [1.29, 1.82) is 0 Å². The topological polar surface area (TPSA) is 82.1 Å². The number of benzene rings is 2. The monoisotopic (exact) mass is 734 g/mol. The average molecular weight is 737 g/mol. The van der Waals surface area contributed by atoms with Crippen molar-refractivity contribution in [2.45, 2.75) is 110 Å². The fraction of sp³-hybridized carbons (Fsp3) is 0.514. The van der Waals surface area contributed by atoms with E-state index in [0.29, 0.717) is 33.7 Å². The van der Waals surface area contributed by atoms with Crippen LogP contribution in [0.2, 0.25) is 20.1 Å². The van der Waals surface area contributed by atoms with Crippen molar-refractivity contribution in [3.8, 4) is 0 Å². The molecule has 7 nitrogen and oxygen atoms in total. The van der Waals surface area contributed by atoms with Crippen molar-refractivity contribution >= 4 is 87.0 Å². The zero-order chi connectivity index (χ0) is 34.6. The third-order valence-corrected chi connectivity index (χ3v) is 9.80. The van der Waals surface area contributed by atoms with Gasteiger partial charge < -0.3 is 0 Å². The molecule has 2 aliphatic heterocycles. The molecule has 2 saturated heterocycles. The molecule has 1 N–H and O–H groups in total. The van der Waals surface area contributed by atoms with Gasteiger partial charge in [0.1, 0.15) is 11.5 Å². The minimum Gasteiger partial charge on any atom is -0.277 e. The second-order valence-electron chi connectivity index (χ2n) is 13.1. The highest BCUT2D eigenvalue weighted by molar-refractivity contribution is 6.42. The second kappa shape index (κ2) is 19.0. The first-order chi connectivity index (χ1) is 23.0.